The number of benzene rings is 2. The van der Waals surface area contributed by atoms with Gasteiger partial charge < -0.3 is 4.74 Å². The summed E-state index contributed by atoms with van der Waals surface area (Å²) in [5.74, 6) is 0.733. The number of hydrogen-bond donors (Lipinski definition) is 0. The Morgan fingerprint density at radius 2 is 1.95 bits per heavy atom. The molecule has 0 unspecified atom stereocenters. The van der Waals surface area contributed by atoms with Gasteiger partial charge in [-0.05, 0) is 35.7 Å². The van der Waals surface area contributed by atoms with Gasteiger partial charge in [-0.3, -0.25) is 0 Å². The number of nitrogens with zero attached hydrogens (tertiary/aromatic N) is 1. The first-order chi connectivity index (χ1) is 9.61. The Balaban J connectivity index is 2.19. The Bertz CT molecular complexity index is 644. The second-order valence-corrected chi connectivity index (χ2v) is 4.90. The van der Waals surface area contributed by atoms with Crippen molar-refractivity contribution in [3.05, 3.63) is 65.0 Å². The van der Waals surface area contributed by atoms with E-state index in [-0.39, 0.29) is 12.4 Å². The van der Waals surface area contributed by atoms with Gasteiger partial charge in [0.05, 0.1) is 11.6 Å². The predicted octanol–water partition coefficient (Wildman–Crippen LogP) is 4.40. The lowest BCUT2D eigenvalue weighted by Gasteiger charge is -2.14. The van der Waals surface area contributed by atoms with Crippen molar-refractivity contribution in [1.82, 2.24) is 0 Å². The van der Waals surface area contributed by atoms with Crippen molar-refractivity contribution in [3.8, 4) is 11.8 Å². The predicted molar refractivity (Wildman–Crippen MR) is 76.0 cm³/mol. The summed E-state index contributed by atoms with van der Waals surface area (Å²) in [5.41, 5.74) is 1.91. The number of rotatable bonds is 4. The van der Waals surface area contributed by atoms with Crippen LogP contribution in [-0.4, -0.2) is 0 Å². The van der Waals surface area contributed by atoms with Crippen molar-refractivity contribution < 1.29 is 9.13 Å². The highest BCUT2D eigenvalue weighted by molar-refractivity contribution is 5.37. The van der Waals surface area contributed by atoms with Crippen LogP contribution < -0.4 is 4.74 Å². The highest BCUT2D eigenvalue weighted by Gasteiger charge is 2.09. The molecule has 0 bridgehead atoms. The van der Waals surface area contributed by atoms with Gasteiger partial charge in [-0.2, -0.15) is 5.26 Å². The van der Waals surface area contributed by atoms with Crippen LogP contribution in [0.1, 0.15) is 36.5 Å². The molecule has 2 nitrogen and oxygen atoms in total. The molecule has 0 atom stereocenters. The maximum absolute atomic E-state index is 13.7. The first kappa shape index (κ1) is 14.1. The van der Waals surface area contributed by atoms with Crippen molar-refractivity contribution >= 4 is 0 Å². The molecule has 0 heterocycles. The first-order valence-electron chi connectivity index (χ1n) is 6.52. The maximum Gasteiger partial charge on any atom is 0.129 e. The Kier molecular flexibility index (Phi) is 4.37. The van der Waals surface area contributed by atoms with E-state index in [4.69, 9.17) is 10.00 Å². The molecule has 20 heavy (non-hydrogen) atoms. The van der Waals surface area contributed by atoms with E-state index < -0.39 is 0 Å². The Labute approximate surface area is 118 Å². The molecule has 0 aliphatic rings. The fourth-order valence-electron chi connectivity index (χ4n) is 2.00. The van der Waals surface area contributed by atoms with Gasteiger partial charge in [-0.15, -0.1) is 0 Å². The average molecular weight is 269 g/mol. The highest BCUT2D eigenvalue weighted by Crippen LogP contribution is 2.26. The van der Waals surface area contributed by atoms with E-state index in [0.29, 0.717) is 17.0 Å². The lowest BCUT2D eigenvalue weighted by Crippen LogP contribution is -2.02. The third-order valence-electron chi connectivity index (χ3n) is 3.10. The summed E-state index contributed by atoms with van der Waals surface area (Å²) in [4.78, 5) is 0. The molecule has 0 aliphatic heterocycles. The third kappa shape index (κ3) is 3.16. The molecule has 0 amide bonds. The van der Waals surface area contributed by atoms with Crippen LogP contribution in [0.4, 0.5) is 4.39 Å². The molecule has 2 aromatic carbocycles. The molecular weight excluding hydrogens is 253 g/mol. The number of halogens is 1. The minimum Gasteiger partial charge on any atom is -0.489 e. The minimum atomic E-state index is -0.356. The van der Waals surface area contributed by atoms with Crippen molar-refractivity contribution in [1.29, 1.82) is 5.26 Å². The summed E-state index contributed by atoms with van der Waals surface area (Å²) in [7, 11) is 0. The summed E-state index contributed by atoms with van der Waals surface area (Å²) < 4.78 is 19.4. The molecule has 0 aliphatic carbocycles. The molecule has 0 saturated carbocycles. The average Bonchev–Trinajstić information content (AvgIpc) is 2.46. The quantitative estimate of drug-likeness (QED) is 0.824. The van der Waals surface area contributed by atoms with Gasteiger partial charge in [0.25, 0.3) is 0 Å². The zero-order chi connectivity index (χ0) is 14.5. The summed E-state index contributed by atoms with van der Waals surface area (Å²) in [6.07, 6.45) is 0. The normalized spacial score (nSPS) is 10.3. The van der Waals surface area contributed by atoms with E-state index in [1.807, 2.05) is 30.3 Å². The second-order valence-electron chi connectivity index (χ2n) is 4.90. The summed E-state index contributed by atoms with van der Waals surface area (Å²) in [5, 5.41) is 8.84. The Morgan fingerprint density at radius 3 is 2.65 bits per heavy atom. The molecule has 2 rings (SSSR count). The van der Waals surface area contributed by atoms with E-state index in [2.05, 4.69) is 13.8 Å². The molecule has 0 aromatic heterocycles. The zero-order valence-corrected chi connectivity index (χ0v) is 11.6. The zero-order valence-electron chi connectivity index (χ0n) is 11.6. The number of hydrogen-bond acceptors (Lipinski definition) is 2. The second kappa shape index (κ2) is 6.21. The van der Waals surface area contributed by atoms with Crippen LogP contribution in [0.25, 0.3) is 0 Å². The topological polar surface area (TPSA) is 33.0 Å². The lowest BCUT2D eigenvalue weighted by atomic mass is 10.0. The van der Waals surface area contributed by atoms with Crippen LogP contribution in [-0.2, 0) is 6.61 Å². The van der Waals surface area contributed by atoms with Crippen LogP contribution in [0.2, 0.25) is 0 Å². The molecule has 102 valence electrons. The number of ether oxygens (including phenoxy) is 1. The first-order valence-corrected chi connectivity index (χ1v) is 6.52. The van der Waals surface area contributed by atoms with Crippen LogP contribution in [0, 0.1) is 17.1 Å². The van der Waals surface area contributed by atoms with E-state index in [1.54, 1.807) is 0 Å². The smallest absolute Gasteiger partial charge is 0.129 e. The van der Waals surface area contributed by atoms with Crippen LogP contribution in [0.5, 0.6) is 5.75 Å². The standard InChI is InChI=1S/C17H16FNO/c1-12(2)15-5-3-4-6-17(15)20-11-14-9-13(10-19)7-8-16(14)18/h3-9,12H,11H2,1-2H3. The molecule has 0 saturated heterocycles. The minimum absolute atomic E-state index is 0.116. The molecule has 3 heteroatoms. The van der Waals surface area contributed by atoms with Gasteiger partial charge in [-0.1, -0.05) is 32.0 Å². The van der Waals surface area contributed by atoms with E-state index in [9.17, 15) is 4.39 Å². The number of para-hydroxylation sites is 1. The Morgan fingerprint density at radius 1 is 1.20 bits per heavy atom. The van der Waals surface area contributed by atoms with Gasteiger partial charge in [0.1, 0.15) is 18.2 Å². The van der Waals surface area contributed by atoms with Crippen LogP contribution >= 0.6 is 0 Å². The molecular formula is C17H16FNO. The third-order valence-corrected chi connectivity index (χ3v) is 3.10. The SMILES string of the molecule is CC(C)c1ccccc1OCc1cc(C#N)ccc1F. The monoisotopic (exact) mass is 269 g/mol. The van der Waals surface area contributed by atoms with E-state index >= 15 is 0 Å². The molecule has 0 N–H and O–H groups in total. The van der Waals surface area contributed by atoms with Gasteiger partial charge in [0.15, 0.2) is 0 Å². The molecule has 2 aromatic rings. The van der Waals surface area contributed by atoms with Gasteiger partial charge in [-0.25, -0.2) is 4.39 Å². The van der Waals surface area contributed by atoms with Crippen LogP contribution in [0.15, 0.2) is 42.5 Å². The summed E-state index contributed by atoms with van der Waals surface area (Å²) in [6, 6.07) is 14.0. The van der Waals surface area contributed by atoms with Gasteiger partial charge in [0.2, 0.25) is 0 Å². The molecule has 0 spiro atoms. The summed E-state index contributed by atoms with van der Waals surface area (Å²) >= 11 is 0. The van der Waals surface area contributed by atoms with Gasteiger partial charge >= 0.3 is 0 Å². The Hall–Kier alpha value is -2.34. The summed E-state index contributed by atoms with van der Waals surface area (Å²) in [6.45, 7) is 4.28. The molecule has 0 radical (unpaired) electrons. The van der Waals surface area contributed by atoms with Crippen molar-refractivity contribution in [3.63, 3.8) is 0 Å². The highest BCUT2D eigenvalue weighted by atomic mass is 19.1. The van der Waals surface area contributed by atoms with E-state index in [0.717, 1.165) is 11.3 Å². The lowest BCUT2D eigenvalue weighted by molar-refractivity contribution is 0.295. The number of nitriles is 1. The van der Waals surface area contributed by atoms with Crippen molar-refractivity contribution in [2.75, 3.05) is 0 Å². The van der Waals surface area contributed by atoms with Crippen molar-refractivity contribution in [2.45, 2.75) is 26.4 Å². The fourth-order valence-corrected chi connectivity index (χ4v) is 2.00. The molecule has 0 fully saturated rings. The van der Waals surface area contributed by atoms with Crippen LogP contribution in [0.3, 0.4) is 0 Å². The fraction of sp³-hybridized carbons (Fsp3) is 0.235. The largest absolute Gasteiger partial charge is 0.489 e. The maximum atomic E-state index is 13.7. The van der Waals surface area contributed by atoms with Gasteiger partial charge in [0, 0.05) is 5.56 Å². The van der Waals surface area contributed by atoms with Crippen molar-refractivity contribution in [2.24, 2.45) is 0 Å². The van der Waals surface area contributed by atoms with E-state index in [1.165, 1.54) is 18.2 Å².